The minimum Gasteiger partial charge on any atom is -0.462 e. The van der Waals surface area contributed by atoms with Gasteiger partial charge in [-0.1, -0.05) is 0 Å². The summed E-state index contributed by atoms with van der Waals surface area (Å²) in [4.78, 5) is 11.6. The van der Waals surface area contributed by atoms with Crippen LogP contribution in [-0.2, 0) is 14.8 Å². The summed E-state index contributed by atoms with van der Waals surface area (Å²) in [7, 11) is -3.61. The molecule has 0 aliphatic heterocycles. The lowest BCUT2D eigenvalue weighted by Gasteiger charge is -2.37. The van der Waals surface area contributed by atoms with E-state index < -0.39 is 21.5 Å². The van der Waals surface area contributed by atoms with Crippen molar-refractivity contribution in [3.05, 3.63) is 29.8 Å². The van der Waals surface area contributed by atoms with E-state index in [1.54, 1.807) is 6.92 Å². The molecule has 0 radical (unpaired) electrons. The third-order valence-corrected chi connectivity index (χ3v) is 5.06. The quantitative estimate of drug-likeness (QED) is 0.764. The van der Waals surface area contributed by atoms with Crippen LogP contribution in [0, 0.1) is 0 Å². The highest BCUT2D eigenvalue weighted by Gasteiger charge is 2.33. The number of carbonyl (C=O) groups excluding carboxylic acids is 1. The Morgan fingerprint density at radius 1 is 1.33 bits per heavy atom. The molecule has 1 saturated carbocycles. The molecule has 0 unspecified atom stereocenters. The van der Waals surface area contributed by atoms with Crippen LogP contribution in [0.25, 0.3) is 0 Å². The van der Waals surface area contributed by atoms with Crippen molar-refractivity contribution in [3.8, 4) is 0 Å². The Labute approximate surface area is 124 Å². The molecule has 21 heavy (non-hydrogen) atoms. The number of esters is 1. The predicted octanol–water partition coefficient (Wildman–Crippen LogP) is 1.02. The van der Waals surface area contributed by atoms with E-state index in [-0.39, 0.29) is 18.0 Å². The number of carbonyl (C=O) groups is 1. The highest BCUT2D eigenvalue weighted by molar-refractivity contribution is 7.89. The molecule has 0 aromatic heterocycles. The lowest BCUT2D eigenvalue weighted by Crippen LogP contribution is -2.54. The number of nitrogens with two attached hydrogens (primary N) is 1. The van der Waals surface area contributed by atoms with E-state index >= 15 is 0 Å². The van der Waals surface area contributed by atoms with Crippen molar-refractivity contribution in [2.24, 2.45) is 5.73 Å². The molecule has 2 rings (SSSR count). The Bertz CT molecular complexity index is 606. The smallest absolute Gasteiger partial charge is 0.338 e. The fourth-order valence-electron chi connectivity index (χ4n) is 2.11. The second kappa shape index (κ2) is 6.13. The number of hydrogen-bond donors (Lipinski definition) is 2. The Hall–Kier alpha value is -1.44. The van der Waals surface area contributed by atoms with E-state index in [0.29, 0.717) is 5.56 Å². The molecule has 0 heterocycles. The normalized spacial score (nSPS) is 17.0. The van der Waals surface area contributed by atoms with Crippen LogP contribution in [0.4, 0.5) is 0 Å². The van der Waals surface area contributed by atoms with Crippen LogP contribution in [0.3, 0.4) is 0 Å². The average Bonchev–Trinajstić information content (AvgIpc) is 2.43. The molecule has 0 atom stereocenters. The minimum absolute atomic E-state index is 0.110. The van der Waals surface area contributed by atoms with Gasteiger partial charge in [0, 0.05) is 12.1 Å². The number of ether oxygens (including phenoxy) is 1. The second-order valence-corrected chi connectivity index (χ2v) is 7.05. The Morgan fingerprint density at radius 2 is 1.95 bits per heavy atom. The average molecular weight is 312 g/mol. The molecule has 0 saturated heterocycles. The van der Waals surface area contributed by atoms with Gasteiger partial charge >= 0.3 is 5.97 Å². The number of hydrogen-bond acceptors (Lipinski definition) is 5. The van der Waals surface area contributed by atoms with E-state index in [0.717, 1.165) is 19.3 Å². The van der Waals surface area contributed by atoms with Gasteiger partial charge in [-0.05, 0) is 50.5 Å². The molecule has 6 nitrogen and oxygen atoms in total. The fraction of sp³-hybridized carbons (Fsp3) is 0.500. The van der Waals surface area contributed by atoms with Crippen molar-refractivity contribution in [1.29, 1.82) is 0 Å². The predicted molar refractivity (Wildman–Crippen MR) is 78.4 cm³/mol. The summed E-state index contributed by atoms with van der Waals surface area (Å²) in [5.74, 6) is -0.468. The van der Waals surface area contributed by atoms with E-state index in [4.69, 9.17) is 10.5 Å². The summed E-state index contributed by atoms with van der Waals surface area (Å²) in [6, 6.07) is 5.65. The first-order chi connectivity index (χ1) is 9.86. The van der Waals surface area contributed by atoms with Gasteiger partial charge in [-0.15, -0.1) is 0 Å². The summed E-state index contributed by atoms with van der Waals surface area (Å²) < 4.78 is 31.7. The summed E-state index contributed by atoms with van der Waals surface area (Å²) >= 11 is 0. The van der Waals surface area contributed by atoms with Crippen molar-refractivity contribution in [1.82, 2.24) is 4.72 Å². The van der Waals surface area contributed by atoms with Gasteiger partial charge in [0.1, 0.15) is 0 Å². The molecule has 0 amide bonds. The number of rotatable bonds is 6. The van der Waals surface area contributed by atoms with Crippen LogP contribution < -0.4 is 10.5 Å². The van der Waals surface area contributed by atoms with Gasteiger partial charge in [-0.3, -0.25) is 0 Å². The van der Waals surface area contributed by atoms with Crippen molar-refractivity contribution >= 4 is 16.0 Å². The van der Waals surface area contributed by atoms with Crippen molar-refractivity contribution in [2.45, 2.75) is 36.6 Å². The topological polar surface area (TPSA) is 98.5 Å². The highest BCUT2D eigenvalue weighted by Crippen LogP contribution is 2.28. The van der Waals surface area contributed by atoms with Gasteiger partial charge in [-0.25, -0.2) is 17.9 Å². The Morgan fingerprint density at radius 3 is 2.43 bits per heavy atom. The molecule has 1 fully saturated rings. The molecule has 1 aliphatic carbocycles. The monoisotopic (exact) mass is 312 g/mol. The zero-order valence-corrected chi connectivity index (χ0v) is 12.8. The van der Waals surface area contributed by atoms with E-state index in [9.17, 15) is 13.2 Å². The molecule has 116 valence electrons. The van der Waals surface area contributed by atoms with Gasteiger partial charge in [0.15, 0.2) is 0 Å². The first-order valence-corrected chi connectivity index (χ1v) is 8.40. The number of sulfonamides is 1. The first-order valence-electron chi connectivity index (χ1n) is 6.92. The molecule has 1 aromatic carbocycles. The lowest BCUT2D eigenvalue weighted by atomic mass is 9.78. The first kappa shape index (κ1) is 15.9. The highest BCUT2D eigenvalue weighted by atomic mass is 32.2. The summed E-state index contributed by atoms with van der Waals surface area (Å²) in [6.45, 7) is 2.22. The maximum Gasteiger partial charge on any atom is 0.338 e. The summed E-state index contributed by atoms with van der Waals surface area (Å²) in [5.41, 5.74) is 5.90. The third-order valence-electron chi connectivity index (χ3n) is 3.64. The molecule has 3 N–H and O–H groups in total. The van der Waals surface area contributed by atoms with Crippen molar-refractivity contribution in [2.75, 3.05) is 13.2 Å². The summed E-state index contributed by atoms with van der Waals surface area (Å²) in [6.07, 6.45) is 2.70. The van der Waals surface area contributed by atoms with Gasteiger partial charge < -0.3 is 10.5 Å². The van der Waals surface area contributed by atoms with Crippen molar-refractivity contribution < 1.29 is 17.9 Å². The van der Waals surface area contributed by atoms with Crippen LogP contribution in [0.5, 0.6) is 0 Å². The van der Waals surface area contributed by atoms with Crippen LogP contribution in [0.2, 0.25) is 0 Å². The molecule has 7 heteroatoms. The third kappa shape index (κ3) is 3.81. The second-order valence-electron chi connectivity index (χ2n) is 5.29. The van der Waals surface area contributed by atoms with Crippen LogP contribution in [0.1, 0.15) is 36.5 Å². The molecule has 0 spiro atoms. The Balaban J connectivity index is 2.04. The zero-order valence-electron chi connectivity index (χ0n) is 12.0. The maximum absolute atomic E-state index is 12.1. The van der Waals surface area contributed by atoms with E-state index in [1.165, 1.54) is 24.3 Å². The standard InChI is InChI=1S/C14H20N2O4S/c1-2-20-13(17)11-4-6-12(7-5-11)21(18,19)16-10-14(15)8-3-9-14/h4-7,16H,2-3,8-10,15H2,1H3. The molecule has 1 aliphatic rings. The maximum atomic E-state index is 12.1. The summed E-state index contributed by atoms with van der Waals surface area (Å²) in [5, 5.41) is 0. The van der Waals surface area contributed by atoms with E-state index in [2.05, 4.69) is 4.72 Å². The zero-order chi connectivity index (χ0) is 15.5. The van der Waals surface area contributed by atoms with Gasteiger partial charge in [0.2, 0.25) is 10.0 Å². The Kier molecular flexibility index (Phi) is 4.65. The molecular weight excluding hydrogens is 292 g/mol. The SMILES string of the molecule is CCOC(=O)c1ccc(S(=O)(=O)NCC2(N)CCC2)cc1. The molecular formula is C14H20N2O4S. The van der Waals surface area contributed by atoms with Crippen LogP contribution >= 0.6 is 0 Å². The largest absolute Gasteiger partial charge is 0.462 e. The fourth-order valence-corrected chi connectivity index (χ4v) is 3.25. The van der Waals surface area contributed by atoms with Gasteiger partial charge in [0.25, 0.3) is 0 Å². The van der Waals surface area contributed by atoms with Crippen LogP contribution in [-0.4, -0.2) is 33.1 Å². The van der Waals surface area contributed by atoms with Gasteiger partial charge in [0.05, 0.1) is 17.1 Å². The molecule has 1 aromatic rings. The minimum atomic E-state index is -3.61. The lowest BCUT2D eigenvalue weighted by molar-refractivity contribution is 0.0526. The van der Waals surface area contributed by atoms with E-state index in [1.807, 2.05) is 0 Å². The van der Waals surface area contributed by atoms with Crippen LogP contribution in [0.15, 0.2) is 29.2 Å². The van der Waals surface area contributed by atoms with Gasteiger partial charge in [-0.2, -0.15) is 0 Å². The number of benzene rings is 1. The number of nitrogens with one attached hydrogen (secondary N) is 1. The molecule has 0 bridgehead atoms. The van der Waals surface area contributed by atoms with Crippen molar-refractivity contribution in [3.63, 3.8) is 0 Å².